The van der Waals surface area contributed by atoms with Gasteiger partial charge in [-0.3, -0.25) is 0 Å². The third-order valence-corrected chi connectivity index (χ3v) is 4.73. The zero-order chi connectivity index (χ0) is 15.4. The summed E-state index contributed by atoms with van der Waals surface area (Å²) in [7, 11) is 1.37. The molecule has 2 aromatic carbocycles. The average Bonchev–Trinajstić information content (AvgIpc) is 2.46. The first kappa shape index (κ1) is 16.5. The fraction of sp³-hybridized carbons (Fsp3) is 0.133. The molecule has 0 saturated heterocycles. The number of halogens is 3. The van der Waals surface area contributed by atoms with Gasteiger partial charge in [0.1, 0.15) is 0 Å². The molecule has 0 aromatic heterocycles. The van der Waals surface area contributed by atoms with Crippen LogP contribution in [0.4, 0.5) is 5.69 Å². The van der Waals surface area contributed by atoms with Gasteiger partial charge in [0.15, 0.2) is 0 Å². The van der Waals surface area contributed by atoms with Gasteiger partial charge in [0.05, 0.1) is 18.4 Å². The highest BCUT2D eigenvalue weighted by Gasteiger charge is 2.16. The highest BCUT2D eigenvalue weighted by atomic mass is 79.9. The molecular weight excluding hydrogens is 466 g/mol. The predicted molar refractivity (Wildman–Crippen MR) is 94.7 cm³/mol. The molecule has 0 heterocycles. The van der Waals surface area contributed by atoms with Crippen molar-refractivity contribution in [3.63, 3.8) is 0 Å². The molecular formula is C15H12Br3NO2. The molecule has 2 aromatic rings. The summed E-state index contributed by atoms with van der Waals surface area (Å²) >= 11 is 10.4. The molecule has 6 heteroatoms. The van der Waals surface area contributed by atoms with Crippen LogP contribution in [0.5, 0.6) is 0 Å². The molecule has 0 atom stereocenters. The lowest BCUT2D eigenvalue weighted by atomic mass is 10.1. The summed E-state index contributed by atoms with van der Waals surface area (Å²) in [4.78, 5) is 11.9. The number of methoxy groups -OCH3 is 1. The molecule has 0 spiro atoms. The second-order valence-corrected chi connectivity index (χ2v) is 6.87. The van der Waals surface area contributed by atoms with E-state index in [1.54, 1.807) is 6.07 Å². The van der Waals surface area contributed by atoms with Crippen LogP contribution in [0.25, 0.3) is 0 Å². The Labute approximate surface area is 148 Å². The smallest absolute Gasteiger partial charge is 0.340 e. The highest BCUT2D eigenvalue weighted by molar-refractivity contribution is 9.11. The van der Waals surface area contributed by atoms with E-state index < -0.39 is 0 Å². The lowest BCUT2D eigenvalue weighted by Crippen LogP contribution is -2.09. The van der Waals surface area contributed by atoms with Crippen LogP contribution in [0.15, 0.2) is 49.8 Å². The van der Waals surface area contributed by atoms with E-state index in [1.807, 2.05) is 30.3 Å². The second-order valence-electron chi connectivity index (χ2n) is 4.25. The number of nitrogens with one attached hydrogen (secondary N) is 1. The minimum atomic E-state index is -0.383. The van der Waals surface area contributed by atoms with E-state index in [4.69, 9.17) is 4.74 Å². The van der Waals surface area contributed by atoms with Crippen molar-refractivity contribution < 1.29 is 9.53 Å². The summed E-state index contributed by atoms with van der Waals surface area (Å²) in [5, 5.41) is 3.28. The fourth-order valence-electron chi connectivity index (χ4n) is 1.85. The second kappa shape index (κ2) is 7.42. The number of benzene rings is 2. The Balaban J connectivity index is 2.31. The topological polar surface area (TPSA) is 38.3 Å². The van der Waals surface area contributed by atoms with E-state index in [2.05, 4.69) is 53.1 Å². The number of carbonyl (C=O) groups excluding carboxylic acids is 1. The number of ether oxygens (including phenoxy) is 1. The van der Waals surface area contributed by atoms with Crippen LogP contribution >= 0.6 is 47.8 Å². The summed E-state index contributed by atoms with van der Waals surface area (Å²) in [6.07, 6.45) is 0. The zero-order valence-electron chi connectivity index (χ0n) is 11.1. The molecule has 0 fully saturated rings. The molecule has 0 amide bonds. The van der Waals surface area contributed by atoms with Gasteiger partial charge in [-0.1, -0.05) is 50.1 Å². The maximum absolute atomic E-state index is 11.9. The molecule has 2 rings (SSSR count). The van der Waals surface area contributed by atoms with E-state index in [9.17, 15) is 4.79 Å². The van der Waals surface area contributed by atoms with Gasteiger partial charge in [0.25, 0.3) is 0 Å². The van der Waals surface area contributed by atoms with Crippen molar-refractivity contribution >= 4 is 59.4 Å². The van der Waals surface area contributed by atoms with Crippen LogP contribution in [0.1, 0.15) is 15.9 Å². The Morgan fingerprint density at radius 3 is 2.52 bits per heavy atom. The van der Waals surface area contributed by atoms with Crippen LogP contribution in [0, 0.1) is 0 Å². The van der Waals surface area contributed by atoms with Crippen molar-refractivity contribution in [3.05, 3.63) is 60.9 Å². The molecule has 3 nitrogen and oxygen atoms in total. The molecule has 0 saturated carbocycles. The van der Waals surface area contributed by atoms with Crippen molar-refractivity contribution in [2.24, 2.45) is 0 Å². The highest BCUT2D eigenvalue weighted by Crippen LogP contribution is 2.32. The SMILES string of the molecule is COC(=O)c1cc(Br)cc(Br)c1NCc1ccccc1Br. The van der Waals surface area contributed by atoms with E-state index >= 15 is 0 Å². The molecule has 0 aliphatic rings. The van der Waals surface area contributed by atoms with E-state index in [-0.39, 0.29) is 5.97 Å². The zero-order valence-corrected chi connectivity index (χ0v) is 15.9. The Kier molecular flexibility index (Phi) is 5.84. The van der Waals surface area contributed by atoms with Gasteiger partial charge in [0, 0.05) is 20.0 Å². The van der Waals surface area contributed by atoms with Gasteiger partial charge in [-0.2, -0.15) is 0 Å². The van der Waals surface area contributed by atoms with Crippen LogP contribution in [0.3, 0.4) is 0 Å². The lowest BCUT2D eigenvalue weighted by molar-refractivity contribution is 0.0601. The minimum Gasteiger partial charge on any atom is -0.465 e. The molecule has 0 radical (unpaired) electrons. The summed E-state index contributed by atoms with van der Waals surface area (Å²) in [5.74, 6) is -0.383. The third-order valence-electron chi connectivity index (χ3n) is 2.87. The Morgan fingerprint density at radius 1 is 1.14 bits per heavy atom. The number of carbonyl (C=O) groups is 1. The monoisotopic (exact) mass is 475 g/mol. The van der Waals surface area contributed by atoms with Crippen LogP contribution in [-0.4, -0.2) is 13.1 Å². The minimum absolute atomic E-state index is 0.383. The first-order valence-corrected chi connectivity index (χ1v) is 8.45. The molecule has 0 bridgehead atoms. The molecule has 0 aliphatic heterocycles. The fourth-order valence-corrected chi connectivity index (χ4v) is 3.64. The lowest BCUT2D eigenvalue weighted by Gasteiger charge is -2.14. The summed E-state index contributed by atoms with van der Waals surface area (Å²) in [6, 6.07) is 11.5. The Morgan fingerprint density at radius 2 is 1.86 bits per heavy atom. The van der Waals surface area contributed by atoms with Gasteiger partial charge in [-0.05, 0) is 39.7 Å². The van der Waals surface area contributed by atoms with Crippen molar-refractivity contribution in [1.82, 2.24) is 0 Å². The Hall–Kier alpha value is -0.850. The number of hydrogen-bond donors (Lipinski definition) is 1. The first-order chi connectivity index (χ1) is 10.0. The number of esters is 1. The maximum Gasteiger partial charge on any atom is 0.340 e. The van der Waals surface area contributed by atoms with Crippen molar-refractivity contribution in [2.75, 3.05) is 12.4 Å². The third kappa shape index (κ3) is 4.08. The van der Waals surface area contributed by atoms with E-state index in [1.165, 1.54) is 7.11 Å². The van der Waals surface area contributed by atoms with E-state index in [0.29, 0.717) is 17.8 Å². The molecule has 0 aliphatic carbocycles. The predicted octanol–water partition coefficient (Wildman–Crippen LogP) is 5.37. The quantitative estimate of drug-likeness (QED) is 0.601. The van der Waals surface area contributed by atoms with Crippen molar-refractivity contribution in [1.29, 1.82) is 0 Å². The number of rotatable bonds is 4. The normalized spacial score (nSPS) is 10.3. The van der Waals surface area contributed by atoms with Crippen molar-refractivity contribution in [3.8, 4) is 0 Å². The maximum atomic E-state index is 11.9. The molecule has 110 valence electrons. The molecule has 1 N–H and O–H groups in total. The summed E-state index contributed by atoms with van der Waals surface area (Å²) in [5.41, 5.74) is 2.29. The summed E-state index contributed by atoms with van der Waals surface area (Å²) < 4.78 is 7.45. The molecule has 0 unspecified atom stereocenters. The number of hydrogen-bond acceptors (Lipinski definition) is 3. The van der Waals surface area contributed by atoms with Gasteiger partial charge < -0.3 is 10.1 Å². The molecule has 21 heavy (non-hydrogen) atoms. The number of anilines is 1. The van der Waals surface area contributed by atoms with Crippen LogP contribution in [0.2, 0.25) is 0 Å². The standard InChI is InChI=1S/C15H12Br3NO2/c1-21-15(20)11-6-10(16)7-13(18)14(11)19-8-9-4-2-3-5-12(9)17/h2-7,19H,8H2,1H3. The van der Waals surface area contributed by atoms with Gasteiger partial charge in [-0.25, -0.2) is 4.79 Å². The van der Waals surface area contributed by atoms with E-state index in [0.717, 1.165) is 19.0 Å². The van der Waals surface area contributed by atoms with Gasteiger partial charge >= 0.3 is 5.97 Å². The Bertz CT molecular complexity index is 674. The summed E-state index contributed by atoms with van der Waals surface area (Å²) in [6.45, 7) is 0.589. The van der Waals surface area contributed by atoms with Gasteiger partial charge in [-0.15, -0.1) is 0 Å². The van der Waals surface area contributed by atoms with Crippen molar-refractivity contribution in [2.45, 2.75) is 6.54 Å². The first-order valence-electron chi connectivity index (χ1n) is 6.07. The van der Waals surface area contributed by atoms with Gasteiger partial charge in [0.2, 0.25) is 0 Å². The van der Waals surface area contributed by atoms with Crippen LogP contribution < -0.4 is 5.32 Å². The largest absolute Gasteiger partial charge is 0.465 e. The van der Waals surface area contributed by atoms with Crippen LogP contribution in [-0.2, 0) is 11.3 Å². The average molecular weight is 478 g/mol.